The molecular weight excluding hydrogens is 400 g/mol. The summed E-state index contributed by atoms with van der Waals surface area (Å²) < 4.78 is 34.4. The zero-order chi connectivity index (χ0) is 21.7. The molecule has 1 saturated carbocycles. The highest BCUT2D eigenvalue weighted by molar-refractivity contribution is 7.89. The van der Waals surface area contributed by atoms with E-state index in [1.807, 2.05) is 14.0 Å². The second kappa shape index (κ2) is 10.1. The Kier molecular flexibility index (Phi) is 7.81. The lowest BCUT2D eigenvalue weighted by atomic mass is 9.90. The SMILES string of the molecule is CNC[C@@H]1Oc2cc(C#CC3CCCCC3)ccc2S(=O)(=O)N([C@@H](C)CO)C[C@H]1C. The van der Waals surface area contributed by atoms with Gasteiger partial charge in [0.1, 0.15) is 16.7 Å². The molecule has 166 valence electrons. The summed E-state index contributed by atoms with van der Waals surface area (Å²) in [6.07, 6.45) is 5.83. The van der Waals surface area contributed by atoms with Crippen LogP contribution in [0.2, 0.25) is 0 Å². The molecule has 1 aromatic carbocycles. The minimum Gasteiger partial charge on any atom is -0.487 e. The Hall–Kier alpha value is -1.59. The number of hydrogen-bond donors (Lipinski definition) is 2. The van der Waals surface area contributed by atoms with Gasteiger partial charge in [0.25, 0.3) is 0 Å². The number of hydrogen-bond acceptors (Lipinski definition) is 5. The smallest absolute Gasteiger partial charge is 0.247 e. The molecule has 0 spiro atoms. The van der Waals surface area contributed by atoms with Crippen LogP contribution in [-0.4, -0.2) is 56.7 Å². The number of fused-ring (bicyclic) bond motifs is 1. The van der Waals surface area contributed by atoms with Gasteiger partial charge in [0.15, 0.2) is 0 Å². The van der Waals surface area contributed by atoms with E-state index < -0.39 is 16.1 Å². The number of nitrogens with one attached hydrogen (secondary N) is 1. The molecule has 0 unspecified atom stereocenters. The van der Waals surface area contributed by atoms with E-state index in [4.69, 9.17) is 4.74 Å². The maximum atomic E-state index is 13.4. The maximum absolute atomic E-state index is 13.4. The minimum atomic E-state index is -3.80. The number of likely N-dealkylation sites (N-methyl/N-ethyl adjacent to an activating group) is 1. The van der Waals surface area contributed by atoms with E-state index in [2.05, 4.69) is 17.2 Å². The summed E-state index contributed by atoms with van der Waals surface area (Å²) in [7, 11) is -1.94. The van der Waals surface area contributed by atoms with Crippen molar-refractivity contribution in [3.8, 4) is 17.6 Å². The summed E-state index contributed by atoms with van der Waals surface area (Å²) in [5.74, 6) is 7.31. The van der Waals surface area contributed by atoms with Crippen molar-refractivity contribution in [3.05, 3.63) is 23.8 Å². The molecule has 1 aliphatic carbocycles. The first-order valence-corrected chi connectivity index (χ1v) is 12.4. The molecule has 2 N–H and O–H groups in total. The number of nitrogens with zero attached hydrogens (tertiary/aromatic N) is 1. The van der Waals surface area contributed by atoms with Crippen molar-refractivity contribution < 1.29 is 18.3 Å². The van der Waals surface area contributed by atoms with Gasteiger partial charge in [-0.3, -0.25) is 0 Å². The summed E-state index contributed by atoms with van der Waals surface area (Å²) in [4.78, 5) is 0.138. The third-order valence-electron chi connectivity index (χ3n) is 6.10. The van der Waals surface area contributed by atoms with E-state index >= 15 is 0 Å². The largest absolute Gasteiger partial charge is 0.487 e. The first-order valence-electron chi connectivity index (χ1n) is 11.0. The molecule has 0 saturated heterocycles. The van der Waals surface area contributed by atoms with Gasteiger partial charge >= 0.3 is 0 Å². The van der Waals surface area contributed by atoms with E-state index in [9.17, 15) is 13.5 Å². The number of benzene rings is 1. The fourth-order valence-electron chi connectivity index (χ4n) is 4.18. The van der Waals surface area contributed by atoms with Gasteiger partial charge < -0.3 is 15.2 Å². The topological polar surface area (TPSA) is 78.9 Å². The molecule has 3 atom stereocenters. The van der Waals surface area contributed by atoms with Crippen molar-refractivity contribution in [2.24, 2.45) is 11.8 Å². The number of rotatable bonds is 4. The monoisotopic (exact) mass is 434 g/mol. The molecule has 3 rings (SSSR count). The standard InChI is InChI=1S/C23H34N2O4S/c1-17-15-25(18(2)16-26)30(27,28)23-12-11-20(10-9-19-7-5-4-6-8-19)13-21(23)29-22(17)14-24-3/h11-13,17-19,22,24,26H,4-8,14-16H2,1-3H3/t17-,18+,22+/m1/s1. The van der Waals surface area contributed by atoms with Gasteiger partial charge in [-0.25, -0.2) is 8.42 Å². The Labute approximate surface area is 181 Å². The number of aliphatic hydroxyl groups excluding tert-OH is 1. The lowest BCUT2D eigenvalue weighted by Crippen LogP contribution is -2.49. The van der Waals surface area contributed by atoms with E-state index in [-0.39, 0.29) is 23.5 Å². The fraction of sp³-hybridized carbons (Fsp3) is 0.652. The Morgan fingerprint density at radius 1 is 1.30 bits per heavy atom. The molecule has 30 heavy (non-hydrogen) atoms. The summed E-state index contributed by atoms with van der Waals surface area (Å²) in [6, 6.07) is 4.60. The zero-order valence-corrected chi connectivity index (χ0v) is 19.0. The Bertz CT molecular complexity index is 884. The van der Waals surface area contributed by atoms with E-state index in [1.54, 1.807) is 25.1 Å². The van der Waals surface area contributed by atoms with Crippen LogP contribution in [0.1, 0.15) is 51.5 Å². The van der Waals surface area contributed by atoms with E-state index in [1.165, 1.54) is 23.6 Å². The summed E-state index contributed by atoms with van der Waals surface area (Å²) in [6.45, 7) is 4.36. The lowest BCUT2D eigenvalue weighted by molar-refractivity contribution is 0.103. The lowest BCUT2D eigenvalue weighted by Gasteiger charge is -2.36. The number of sulfonamides is 1. The van der Waals surface area contributed by atoms with Crippen LogP contribution in [0.3, 0.4) is 0 Å². The molecule has 1 aromatic rings. The van der Waals surface area contributed by atoms with Crippen molar-refractivity contribution >= 4 is 10.0 Å². The average Bonchev–Trinajstić information content (AvgIpc) is 2.75. The highest BCUT2D eigenvalue weighted by atomic mass is 32.2. The van der Waals surface area contributed by atoms with Gasteiger partial charge in [0.05, 0.1) is 6.61 Å². The molecule has 0 bridgehead atoms. The second-order valence-electron chi connectivity index (χ2n) is 8.56. The van der Waals surface area contributed by atoms with Crippen molar-refractivity contribution in [1.29, 1.82) is 0 Å². The van der Waals surface area contributed by atoms with Crippen LogP contribution in [-0.2, 0) is 10.0 Å². The summed E-state index contributed by atoms with van der Waals surface area (Å²) in [5, 5.41) is 12.8. The van der Waals surface area contributed by atoms with Crippen LogP contribution in [0.25, 0.3) is 0 Å². The third kappa shape index (κ3) is 5.17. The Morgan fingerprint density at radius 3 is 2.70 bits per heavy atom. The van der Waals surface area contributed by atoms with Crippen molar-refractivity contribution in [3.63, 3.8) is 0 Å². The first kappa shape index (κ1) is 23.1. The second-order valence-corrected chi connectivity index (χ2v) is 10.4. The van der Waals surface area contributed by atoms with Crippen LogP contribution < -0.4 is 10.1 Å². The molecule has 7 heteroatoms. The molecule has 0 radical (unpaired) electrons. The van der Waals surface area contributed by atoms with Crippen LogP contribution in [0.4, 0.5) is 0 Å². The molecule has 1 fully saturated rings. The van der Waals surface area contributed by atoms with Gasteiger partial charge in [-0.15, -0.1) is 0 Å². The fourth-order valence-corrected chi connectivity index (χ4v) is 6.01. The van der Waals surface area contributed by atoms with Crippen LogP contribution in [0.5, 0.6) is 5.75 Å². The minimum absolute atomic E-state index is 0.0497. The predicted octanol–water partition coefficient (Wildman–Crippen LogP) is 2.61. The average molecular weight is 435 g/mol. The molecule has 0 amide bonds. The zero-order valence-electron chi connectivity index (χ0n) is 18.2. The quantitative estimate of drug-likeness (QED) is 0.712. The highest BCUT2D eigenvalue weighted by Gasteiger charge is 2.37. The molecule has 6 nitrogen and oxygen atoms in total. The highest BCUT2D eigenvalue weighted by Crippen LogP contribution is 2.34. The van der Waals surface area contributed by atoms with E-state index in [0.717, 1.165) is 18.4 Å². The van der Waals surface area contributed by atoms with Crippen molar-refractivity contribution in [1.82, 2.24) is 9.62 Å². The number of ether oxygens (including phenoxy) is 1. The Morgan fingerprint density at radius 2 is 2.03 bits per heavy atom. The normalized spacial score (nSPS) is 25.7. The van der Waals surface area contributed by atoms with Crippen LogP contribution in [0, 0.1) is 23.7 Å². The Balaban J connectivity index is 2.00. The van der Waals surface area contributed by atoms with Gasteiger partial charge in [-0.2, -0.15) is 4.31 Å². The maximum Gasteiger partial charge on any atom is 0.247 e. The third-order valence-corrected chi connectivity index (χ3v) is 8.12. The first-order chi connectivity index (χ1) is 14.4. The molecule has 1 heterocycles. The van der Waals surface area contributed by atoms with Crippen molar-refractivity contribution in [2.75, 3.05) is 26.7 Å². The molecule has 0 aromatic heterocycles. The summed E-state index contributed by atoms with van der Waals surface area (Å²) in [5.41, 5.74) is 0.771. The molecular formula is C23H34N2O4S. The van der Waals surface area contributed by atoms with Gasteiger partial charge in [-0.05, 0) is 45.0 Å². The molecule has 1 aliphatic heterocycles. The van der Waals surface area contributed by atoms with Gasteiger partial charge in [0, 0.05) is 36.5 Å². The predicted molar refractivity (Wildman–Crippen MR) is 118 cm³/mol. The van der Waals surface area contributed by atoms with Gasteiger partial charge in [0.2, 0.25) is 10.0 Å². The van der Waals surface area contributed by atoms with Crippen LogP contribution in [0.15, 0.2) is 23.1 Å². The molecule has 2 aliphatic rings. The van der Waals surface area contributed by atoms with Crippen molar-refractivity contribution in [2.45, 2.75) is 63.0 Å². The summed E-state index contributed by atoms with van der Waals surface area (Å²) >= 11 is 0. The van der Waals surface area contributed by atoms with E-state index in [0.29, 0.717) is 24.8 Å². The number of aliphatic hydroxyl groups is 1. The van der Waals surface area contributed by atoms with Crippen LogP contribution >= 0.6 is 0 Å². The van der Waals surface area contributed by atoms with Gasteiger partial charge in [-0.1, -0.05) is 38.0 Å².